The van der Waals surface area contributed by atoms with E-state index in [0.717, 1.165) is 11.3 Å². The summed E-state index contributed by atoms with van der Waals surface area (Å²) >= 11 is 6.41. The Labute approximate surface area is 245 Å². The van der Waals surface area contributed by atoms with Gasteiger partial charge in [-0.2, -0.15) is 10.1 Å². The van der Waals surface area contributed by atoms with Gasteiger partial charge in [-0.15, -0.1) is 0 Å². The van der Waals surface area contributed by atoms with Crippen LogP contribution in [-0.2, 0) is 14.6 Å². The quantitative estimate of drug-likeness (QED) is 0.327. The molecule has 2 aromatic carbocycles. The molecule has 0 spiro atoms. The molecule has 0 bridgehead atoms. The lowest BCUT2D eigenvalue weighted by molar-refractivity contribution is -0.128. The average Bonchev–Trinajstić information content (AvgIpc) is 2.92. The Bertz CT molecular complexity index is 1580. The molecule has 2 heterocycles. The third-order valence-electron chi connectivity index (χ3n) is 6.27. The zero-order chi connectivity index (χ0) is 29.9. The predicted molar refractivity (Wildman–Crippen MR) is 163 cm³/mol. The van der Waals surface area contributed by atoms with Crippen LogP contribution in [0.1, 0.15) is 40.2 Å². The molecule has 0 unspecified atom stereocenters. The maximum atomic E-state index is 12.9. The van der Waals surface area contributed by atoms with E-state index in [1.165, 1.54) is 18.1 Å². The lowest BCUT2D eigenvalue weighted by Gasteiger charge is -2.30. The molecule has 1 aliphatic heterocycles. The van der Waals surface area contributed by atoms with Crippen molar-refractivity contribution in [2.45, 2.75) is 57.8 Å². The van der Waals surface area contributed by atoms with Gasteiger partial charge in [0.15, 0.2) is 15.7 Å². The van der Waals surface area contributed by atoms with Crippen LogP contribution in [0, 0.1) is 6.92 Å². The monoisotopic (exact) mass is 599 g/mol. The van der Waals surface area contributed by atoms with E-state index in [1.54, 1.807) is 44.5 Å². The van der Waals surface area contributed by atoms with Crippen molar-refractivity contribution in [3.8, 4) is 5.75 Å². The van der Waals surface area contributed by atoms with Gasteiger partial charge < -0.3 is 20.3 Å². The van der Waals surface area contributed by atoms with E-state index in [-0.39, 0.29) is 33.7 Å². The highest BCUT2D eigenvalue weighted by atomic mass is 35.5. The van der Waals surface area contributed by atoms with E-state index in [4.69, 9.17) is 16.3 Å². The van der Waals surface area contributed by atoms with E-state index in [1.807, 2.05) is 37.8 Å². The van der Waals surface area contributed by atoms with E-state index in [9.17, 15) is 13.2 Å². The van der Waals surface area contributed by atoms with Crippen molar-refractivity contribution in [2.75, 3.05) is 28.6 Å². The third kappa shape index (κ3) is 6.88. The Morgan fingerprint density at radius 3 is 2.44 bits per heavy atom. The molecular weight excluding hydrogens is 566 g/mol. The number of anilines is 5. The first-order valence-corrected chi connectivity index (χ1v) is 15.1. The van der Waals surface area contributed by atoms with Crippen LogP contribution >= 0.6 is 11.6 Å². The number of hydrazone groups is 1. The van der Waals surface area contributed by atoms with Gasteiger partial charge in [-0.1, -0.05) is 23.7 Å². The fourth-order valence-corrected chi connectivity index (χ4v) is 5.47. The van der Waals surface area contributed by atoms with Crippen LogP contribution in [0.4, 0.5) is 28.8 Å². The number of amides is 1. The summed E-state index contributed by atoms with van der Waals surface area (Å²) in [5.74, 6) is 0.945. The average molecular weight is 600 g/mol. The number of para-hydroxylation sites is 1. The first kappa shape index (κ1) is 30.1. The summed E-state index contributed by atoms with van der Waals surface area (Å²) in [6.07, 6.45) is 2.96. The normalized spacial score (nSPS) is 13.6. The van der Waals surface area contributed by atoms with Crippen LogP contribution < -0.4 is 20.3 Å². The van der Waals surface area contributed by atoms with Gasteiger partial charge in [-0.25, -0.2) is 18.4 Å². The highest BCUT2D eigenvalue weighted by Crippen LogP contribution is 2.36. The number of aryl methyl sites for hydroxylation is 1. The topological polar surface area (TPSA) is 129 Å². The van der Waals surface area contributed by atoms with E-state index >= 15 is 0 Å². The number of carbonyl (C=O) groups excluding carboxylic acids is 1. The molecule has 218 valence electrons. The minimum atomic E-state index is -3.56. The van der Waals surface area contributed by atoms with Crippen molar-refractivity contribution in [3.63, 3.8) is 0 Å². The smallest absolute Gasteiger partial charge is 0.239 e. The first-order chi connectivity index (χ1) is 19.4. The summed E-state index contributed by atoms with van der Waals surface area (Å²) in [5.41, 5.74) is 2.82. The molecule has 0 fully saturated rings. The van der Waals surface area contributed by atoms with Gasteiger partial charge in [0.05, 0.1) is 40.4 Å². The molecule has 0 radical (unpaired) electrons. The van der Waals surface area contributed by atoms with Crippen molar-refractivity contribution in [1.82, 2.24) is 15.0 Å². The summed E-state index contributed by atoms with van der Waals surface area (Å²) in [6, 6.07) is 10.5. The van der Waals surface area contributed by atoms with Gasteiger partial charge in [-0.3, -0.25) is 4.79 Å². The largest absolute Gasteiger partial charge is 0.489 e. The number of hydrogen-bond acceptors (Lipinski definition) is 10. The number of benzene rings is 2. The molecule has 0 saturated heterocycles. The van der Waals surface area contributed by atoms with Gasteiger partial charge in [0.2, 0.25) is 11.9 Å². The Morgan fingerprint density at radius 2 is 1.80 bits per heavy atom. The number of nitrogens with one attached hydrogen (secondary N) is 2. The molecule has 1 aromatic heterocycles. The van der Waals surface area contributed by atoms with Gasteiger partial charge in [-0.05, 0) is 58.4 Å². The summed E-state index contributed by atoms with van der Waals surface area (Å²) < 4.78 is 32.0. The molecule has 1 amide bonds. The Morgan fingerprint density at radius 1 is 1.07 bits per heavy atom. The van der Waals surface area contributed by atoms with Crippen molar-refractivity contribution in [3.05, 3.63) is 53.2 Å². The molecule has 13 heteroatoms. The van der Waals surface area contributed by atoms with Gasteiger partial charge in [0.1, 0.15) is 17.1 Å². The fourth-order valence-electron chi connectivity index (χ4n) is 4.13. The van der Waals surface area contributed by atoms with Gasteiger partial charge >= 0.3 is 0 Å². The van der Waals surface area contributed by atoms with Crippen LogP contribution in [0.2, 0.25) is 5.02 Å². The minimum absolute atomic E-state index is 0.108. The van der Waals surface area contributed by atoms with Gasteiger partial charge in [0, 0.05) is 25.2 Å². The highest BCUT2D eigenvalue weighted by molar-refractivity contribution is 7.92. The molecule has 1 aliphatic rings. The molecule has 3 aromatic rings. The SMILES string of the molecule is CC(=O)N1CCN(c2cc(OC(C)C)c(Nc3ncc(Cl)c(Nc4ccccc4S(=O)(=O)C(C)C)n3)cc2C)C=N1. The molecule has 11 nitrogen and oxygen atoms in total. The molecular formula is C28H34ClN7O4S. The van der Waals surface area contributed by atoms with Crippen molar-refractivity contribution in [1.29, 1.82) is 0 Å². The van der Waals surface area contributed by atoms with E-state index in [2.05, 4.69) is 25.7 Å². The number of carbonyl (C=O) groups is 1. The standard InChI is InChI=1S/C28H34ClN7O4S/c1-17(2)40-25-14-24(35-11-12-36(20(6)37)31-16-35)19(5)13-23(25)33-28-30-15-21(29)27(34-28)32-22-9-7-8-10-26(22)41(38,39)18(3)4/h7-10,13-18H,11-12H2,1-6H3,(H2,30,32,33,34). The number of nitrogens with zero attached hydrogens (tertiary/aromatic N) is 5. The minimum Gasteiger partial charge on any atom is -0.489 e. The van der Waals surface area contributed by atoms with Crippen LogP contribution in [0.3, 0.4) is 0 Å². The zero-order valence-electron chi connectivity index (χ0n) is 23.8. The molecule has 0 atom stereocenters. The number of rotatable bonds is 9. The van der Waals surface area contributed by atoms with Crippen molar-refractivity contribution in [2.24, 2.45) is 5.10 Å². The number of halogens is 1. The first-order valence-electron chi connectivity index (χ1n) is 13.2. The second kappa shape index (κ2) is 12.3. The number of aromatic nitrogens is 2. The fraction of sp³-hybridized carbons (Fsp3) is 0.357. The second-order valence-electron chi connectivity index (χ2n) is 10.1. The molecule has 41 heavy (non-hydrogen) atoms. The third-order valence-corrected chi connectivity index (χ3v) is 8.76. The highest BCUT2D eigenvalue weighted by Gasteiger charge is 2.24. The van der Waals surface area contributed by atoms with Gasteiger partial charge in [0.25, 0.3) is 0 Å². The zero-order valence-corrected chi connectivity index (χ0v) is 25.4. The molecule has 0 saturated carbocycles. The summed E-state index contributed by atoms with van der Waals surface area (Å²) in [4.78, 5) is 22.6. The number of hydrogen-bond donors (Lipinski definition) is 2. The van der Waals surface area contributed by atoms with Crippen LogP contribution in [0.25, 0.3) is 0 Å². The number of sulfone groups is 1. The molecule has 0 aliphatic carbocycles. The predicted octanol–water partition coefficient (Wildman–Crippen LogP) is 5.51. The lowest BCUT2D eigenvalue weighted by Crippen LogP contribution is -2.40. The van der Waals surface area contributed by atoms with E-state index in [0.29, 0.717) is 30.2 Å². The number of ether oxygens (including phenoxy) is 1. The van der Waals surface area contributed by atoms with Crippen molar-refractivity contribution < 1.29 is 17.9 Å². The maximum Gasteiger partial charge on any atom is 0.239 e. The van der Waals surface area contributed by atoms with E-state index < -0.39 is 15.1 Å². The lowest BCUT2D eigenvalue weighted by atomic mass is 10.1. The Kier molecular flexibility index (Phi) is 9.03. The van der Waals surface area contributed by atoms with Crippen molar-refractivity contribution >= 4 is 62.5 Å². The summed E-state index contributed by atoms with van der Waals surface area (Å²) in [7, 11) is -3.56. The van der Waals surface area contributed by atoms with Crippen LogP contribution in [-0.4, -0.2) is 60.1 Å². The Hall–Kier alpha value is -3.90. The maximum absolute atomic E-state index is 12.9. The van der Waals surface area contributed by atoms with Crippen LogP contribution in [0.15, 0.2) is 52.6 Å². The molecule has 2 N–H and O–H groups in total. The molecule has 4 rings (SSSR count). The second-order valence-corrected chi connectivity index (χ2v) is 13.0. The Balaban J connectivity index is 1.66. The summed E-state index contributed by atoms with van der Waals surface area (Å²) in [6.45, 7) is 11.6. The van der Waals surface area contributed by atoms with Crippen LogP contribution in [0.5, 0.6) is 5.75 Å². The summed E-state index contributed by atoms with van der Waals surface area (Å²) in [5, 5.41) is 11.6.